The van der Waals surface area contributed by atoms with Crippen molar-refractivity contribution in [2.45, 2.75) is 52.2 Å². The number of carbonyl (C=O) groups is 1. The van der Waals surface area contributed by atoms with Crippen molar-refractivity contribution in [3.05, 3.63) is 0 Å². The topological polar surface area (TPSA) is 46.5 Å². The molecular formula is C12H20O3. The fourth-order valence-corrected chi connectivity index (χ4v) is 2.84. The maximum atomic E-state index is 11.2. The van der Waals surface area contributed by atoms with Crippen LogP contribution in [0, 0.1) is 17.3 Å². The van der Waals surface area contributed by atoms with Crippen LogP contribution in [0.1, 0.15) is 40.0 Å². The molecule has 4 atom stereocenters. The van der Waals surface area contributed by atoms with E-state index in [1.165, 1.54) is 0 Å². The van der Waals surface area contributed by atoms with Gasteiger partial charge >= 0.3 is 5.97 Å². The van der Waals surface area contributed by atoms with Crippen LogP contribution in [0.3, 0.4) is 0 Å². The van der Waals surface area contributed by atoms with E-state index in [4.69, 9.17) is 4.74 Å². The first-order chi connectivity index (χ1) is 6.89. The van der Waals surface area contributed by atoms with E-state index in [2.05, 4.69) is 20.8 Å². The standard InChI is InChI=1S/C12H20O3/c1-12(2,3)7-4-5-9-8(6-7)10(13)11(14)15-9/h7-10,13H,4-6H2,1-3H3/t7-,8-,9+,10+/m0/s1. The monoisotopic (exact) mass is 212 g/mol. The van der Waals surface area contributed by atoms with Gasteiger partial charge in [-0.1, -0.05) is 20.8 Å². The van der Waals surface area contributed by atoms with Gasteiger partial charge in [0.05, 0.1) is 0 Å². The molecule has 2 aliphatic rings. The van der Waals surface area contributed by atoms with E-state index in [1.807, 2.05) is 0 Å². The molecule has 1 heterocycles. The van der Waals surface area contributed by atoms with E-state index >= 15 is 0 Å². The van der Waals surface area contributed by atoms with E-state index in [0.717, 1.165) is 19.3 Å². The van der Waals surface area contributed by atoms with Crippen LogP contribution in [0.25, 0.3) is 0 Å². The first-order valence-corrected chi connectivity index (χ1v) is 5.78. The molecule has 1 saturated heterocycles. The van der Waals surface area contributed by atoms with Crippen molar-refractivity contribution in [1.82, 2.24) is 0 Å². The van der Waals surface area contributed by atoms with Gasteiger partial charge in [-0.25, -0.2) is 4.79 Å². The van der Waals surface area contributed by atoms with Crippen molar-refractivity contribution in [1.29, 1.82) is 0 Å². The molecule has 2 fully saturated rings. The molecule has 15 heavy (non-hydrogen) atoms. The summed E-state index contributed by atoms with van der Waals surface area (Å²) in [5.74, 6) is 0.206. The Bertz CT molecular complexity index is 267. The normalized spacial score (nSPS) is 41.2. The molecule has 1 aliphatic heterocycles. The fourth-order valence-electron chi connectivity index (χ4n) is 2.84. The highest BCUT2D eigenvalue weighted by Crippen LogP contribution is 2.44. The third-order valence-electron chi connectivity index (χ3n) is 3.97. The van der Waals surface area contributed by atoms with Gasteiger partial charge in [-0.3, -0.25) is 0 Å². The molecule has 0 unspecified atom stereocenters. The van der Waals surface area contributed by atoms with E-state index in [-0.39, 0.29) is 17.4 Å². The van der Waals surface area contributed by atoms with Crippen LogP contribution < -0.4 is 0 Å². The van der Waals surface area contributed by atoms with Crippen molar-refractivity contribution < 1.29 is 14.6 Å². The summed E-state index contributed by atoms with van der Waals surface area (Å²) in [6.45, 7) is 6.67. The maximum absolute atomic E-state index is 11.2. The Labute approximate surface area is 90.8 Å². The summed E-state index contributed by atoms with van der Waals surface area (Å²) in [4.78, 5) is 11.2. The molecule has 2 rings (SSSR count). The molecular weight excluding hydrogens is 192 g/mol. The predicted octanol–water partition coefficient (Wildman–Crippen LogP) is 1.74. The summed E-state index contributed by atoms with van der Waals surface area (Å²) in [6.07, 6.45) is 2.03. The highest BCUT2D eigenvalue weighted by molar-refractivity contribution is 5.77. The highest BCUT2D eigenvalue weighted by atomic mass is 16.6. The van der Waals surface area contributed by atoms with Crippen molar-refractivity contribution in [2.24, 2.45) is 17.3 Å². The summed E-state index contributed by atoms with van der Waals surface area (Å²) in [5, 5.41) is 9.70. The van der Waals surface area contributed by atoms with Crippen LogP contribution in [-0.4, -0.2) is 23.3 Å². The van der Waals surface area contributed by atoms with Crippen LogP contribution in [0.4, 0.5) is 0 Å². The van der Waals surface area contributed by atoms with Gasteiger partial charge in [-0.15, -0.1) is 0 Å². The van der Waals surface area contributed by atoms with Crippen molar-refractivity contribution in [3.8, 4) is 0 Å². The van der Waals surface area contributed by atoms with Gasteiger partial charge < -0.3 is 9.84 Å². The van der Waals surface area contributed by atoms with Gasteiger partial charge in [-0.2, -0.15) is 0 Å². The maximum Gasteiger partial charge on any atom is 0.335 e. The minimum absolute atomic E-state index is 0.0221. The van der Waals surface area contributed by atoms with Gasteiger partial charge in [0.25, 0.3) is 0 Å². The zero-order chi connectivity index (χ0) is 11.2. The van der Waals surface area contributed by atoms with Gasteiger partial charge in [0.2, 0.25) is 0 Å². The summed E-state index contributed by atoms with van der Waals surface area (Å²) in [6, 6.07) is 0. The molecule has 0 spiro atoms. The number of aliphatic hydroxyl groups excluding tert-OH is 1. The smallest absolute Gasteiger partial charge is 0.335 e. The number of ether oxygens (including phenoxy) is 1. The second kappa shape index (κ2) is 3.48. The lowest BCUT2D eigenvalue weighted by atomic mass is 9.67. The Morgan fingerprint density at radius 3 is 2.60 bits per heavy atom. The van der Waals surface area contributed by atoms with Crippen LogP contribution in [0.5, 0.6) is 0 Å². The highest BCUT2D eigenvalue weighted by Gasteiger charge is 2.48. The van der Waals surface area contributed by atoms with Crippen LogP contribution in [0.2, 0.25) is 0 Å². The fraction of sp³-hybridized carbons (Fsp3) is 0.917. The Kier molecular flexibility index (Phi) is 2.53. The zero-order valence-electron chi connectivity index (χ0n) is 9.69. The second-order valence-electron chi connectivity index (χ2n) is 5.96. The number of fused-ring (bicyclic) bond motifs is 1. The molecule has 1 saturated carbocycles. The summed E-state index contributed by atoms with van der Waals surface area (Å²) in [7, 11) is 0. The quantitative estimate of drug-likeness (QED) is 0.622. The average Bonchev–Trinajstić information content (AvgIpc) is 2.41. The Morgan fingerprint density at radius 1 is 1.33 bits per heavy atom. The lowest BCUT2D eigenvalue weighted by Crippen LogP contribution is -2.36. The lowest BCUT2D eigenvalue weighted by molar-refractivity contribution is -0.147. The summed E-state index contributed by atoms with van der Waals surface area (Å²) < 4.78 is 5.15. The minimum Gasteiger partial charge on any atom is -0.460 e. The van der Waals surface area contributed by atoms with Gasteiger partial charge in [0.1, 0.15) is 6.10 Å². The third kappa shape index (κ3) is 1.89. The number of hydrogen-bond acceptors (Lipinski definition) is 3. The van der Waals surface area contributed by atoms with E-state index in [0.29, 0.717) is 5.92 Å². The molecule has 1 aliphatic carbocycles. The van der Waals surface area contributed by atoms with Gasteiger partial charge in [0, 0.05) is 5.92 Å². The molecule has 3 nitrogen and oxygen atoms in total. The van der Waals surface area contributed by atoms with Crippen molar-refractivity contribution in [2.75, 3.05) is 0 Å². The second-order valence-corrected chi connectivity index (χ2v) is 5.96. The molecule has 0 aromatic rings. The number of carbonyl (C=O) groups excluding carboxylic acids is 1. The molecule has 0 aromatic heterocycles. The average molecular weight is 212 g/mol. The Hall–Kier alpha value is -0.570. The summed E-state index contributed by atoms with van der Waals surface area (Å²) in [5.41, 5.74) is 0.260. The molecule has 0 radical (unpaired) electrons. The Balaban J connectivity index is 2.08. The zero-order valence-corrected chi connectivity index (χ0v) is 9.69. The predicted molar refractivity (Wildman–Crippen MR) is 56.2 cm³/mol. The van der Waals surface area contributed by atoms with E-state index in [1.54, 1.807) is 0 Å². The molecule has 0 bridgehead atoms. The van der Waals surface area contributed by atoms with E-state index in [9.17, 15) is 9.90 Å². The van der Waals surface area contributed by atoms with Gasteiger partial charge in [-0.05, 0) is 30.6 Å². The van der Waals surface area contributed by atoms with Crippen molar-refractivity contribution in [3.63, 3.8) is 0 Å². The summed E-state index contributed by atoms with van der Waals surface area (Å²) >= 11 is 0. The lowest BCUT2D eigenvalue weighted by Gasteiger charge is -2.38. The molecule has 3 heteroatoms. The molecule has 0 amide bonds. The molecule has 0 aromatic carbocycles. The molecule has 1 N–H and O–H groups in total. The number of esters is 1. The van der Waals surface area contributed by atoms with Crippen molar-refractivity contribution >= 4 is 5.97 Å². The largest absolute Gasteiger partial charge is 0.460 e. The SMILES string of the molecule is CC(C)(C)[C@H]1CC[C@H]2OC(=O)[C@H](O)[C@H]2C1. The Morgan fingerprint density at radius 2 is 2.00 bits per heavy atom. The van der Waals surface area contributed by atoms with Crippen LogP contribution in [0.15, 0.2) is 0 Å². The van der Waals surface area contributed by atoms with Crippen LogP contribution >= 0.6 is 0 Å². The first-order valence-electron chi connectivity index (χ1n) is 5.78. The third-order valence-corrected chi connectivity index (χ3v) is 3.97. The molecule has 86 valence electrons. The first kappa shape index (κ1) is 10.9. The van der Waals surface area contributed by atoms with Gasteiger partial charge in [0.15, 0.2) is 6.10 Å². The minimum atomic E-state index is -0.875. The number of hydrogen-bond donors (Lipinski definition) is 1. The number of aliphatic hydroxyl groups is 1. The van der Waals surface area contributed by atoms with Crippen LogP contribution in [-0.2, 0) is 9.53 Å². The van der Waals surface area contributed by atoms with E-state index < -0.39 is 12.1 Å². The number of rotatable bonds is 0.